The number of benzene rings is 2. The Hall–Kier alpha value is -3.66. The number of aromatic nitrogens is 2. The number of rotatable bonds is 5. The van der Waals surface area contributed by atoms with Crippen LogP contribution in [-0.2, 0) is 0 Å². The van der Waals surface area contributed by atoms with Gasteiger partial charge in [0.25, 0.3) is 5.91 Å². The summed E-state index contributed by atoms with van der Waals surface area (Å²) in [6.45, 7) is -2.91. The van der Waals surface area contributed by atoms with Crippen LogP contribution < -0.4 is 15.7 Å². The molecule has 2 aromatic carbocycles. The van der Waals surface area contributed by atoms with Crippen molar-refractivity contribution in [3.63, 3.8) is 0 Å². The predicted molar refractivity (Wildman–Crippen MR) is 102 cm³/mol. The molecule has 0 aliphatic heterocycles. The average molecular weight is 415 g/mol. The van der Waals surface area contributed by atoms with Crippen LogP contribution in [0.1, 0.15) is 10.4 Å². The first-order chi connectivity index (χ1) is 14.0. The molecule has 146 valence electrons. The quantitative estimate of drug-likeness (QED) is 0.492. The highest BCUT2D eigenvalue weighted by Crippen LogP contribution is 2.24. The molecule has 0 atom stereocenters. The highest BCUT2D eigenvalue weighted by molar-refractivity contribution is 7.10. The Balaban J connectivity index is 1.52. The van der Waals surface area contributed by atoms with Crippen LogP contribution in [0, 0.1) is 0 Å². The molecule has 0 bridgehead atoms. The normalized spacial score (nSPS) is 11.0. The minimum atomic E-state index is -2.91. The van der Waals surface area contributed by atoms with Crippen LogP contribution in [0.15, 0.2) is 63.8 Å². The van der Waals surface area contributed by atoms with Gasteiger partial charge in [-0.05, 0) is 36.4 Å². The van der Waals surface area contributed by atoms with Gasteiger partial charge < -0.3 is 9.15 Å². The maximum Gasteiger partial charge on any atom is 0.387 e. The van der Waals surface area contributed by atoms with Gasteiger partial charge in [0.1, 0.15) is 16.9 Å². The molecule has 0 aliphatic rings. The van der Waals surface area contributed by atoms with E-state index in [1.807, 2.05) is 0 Å². The molecular weight excluding hydrogens is 404 g/mol. The van der Waals surface area contributed by atoms with E-state index < -0.39 is 18.1 Å². The van der Waals surface area contributed by atoms with Crippen molar-refractivity contribution in [2.24, 2.45) is 0 Å². The number of amides is 1. The average Bonchev–Trinajstić information content (AvgIpc) is 3.16. The van der Waals surface area contributed by atoms with Crippen molar-refractivity contribution in [3.05, 3.63) is 70.6 Å². The fourth-order valence-electron chi connectivity index (χ4n) is 2.56. The number of ether oxygens (including phenoxy) is 1. The topological polar surface area (TPSA) is 94.3 Å². The maximum absolute atomic E-state index is 12.5. The number of carbonyl (C=O) groups is 1. The van der Waals surface area contributed by atoms with Gasteiger partial charge in [-0.25, -0.2) is 4.79 Å². The van der Waals surface area contributed by atoms with Crippen molar-refractivity contribution in [2.45, 2.75) is 6.61 Å². The minimum Gasteiger partial charge on any atom is -0.435 e. The van der Waals surface area contributed by atoms with Crippen molar-refractivity contribution in [3.8, 4) is 17.1 Å². The SMILES string of the molecule is O=C(Nc1nc(-c2ccc(OC(F)F)cc2)ns1)c1cc2ccccc2oc1=O. The molecule has 0 fully saturated rings. The van der Waals surface area contributed by atoms with Crippen LogP contribution >= 0.6 is 11.5 Å². The Bertz CT molecular complexity index is 1240. The summed E-state index contributed by atoms with van der Waals surface area (Å²) in [6.07, 6.45) is 0. The second kappa shape index (κ2) is 7.76. The van der Waals surface area contributed by atoms with Crippen molar-refractivity contribution in [2.75, 3.05) is 5.32 Å². The van der Waals surface area contributed by atoms with E-state index in [-0.39, 0.29) is 16.4 Å². The summed E-state index contributed by atoms with van der Waals surface area (Å²) < 4.78 is 38.0. The minimum absolute atomic E-state index is 0.00975. The summed E-state index contributed by atoms with van der Waals surface area (Å²) in [6, 6.07) is 14.0. The predicted octanol–water partition coefficient (Wildman–Crippen LogP) is 4.17. The Morgan fingerprint density at radius 2 is 1.90 bits per heavy atom. The first-order valence-corrected chi connectivity index (χ1v) is 9.00. The number of carbonyl (C=O) groups excluding carboxylic acids is 1. The number of para-hydroxylation sites is 1. The fourth-order valence-corrected chi connectivity index (χ4v) is 3.15. The van der Waals surface area contributed by atoms with Crippen LogP contribution in [0.2, 0.25) is 0 Å². The molecule has 0 saturated carbocycles. The second-order valence-corrected chi connectivity index (χ2v) is 6.52. The Kier molecular flexibility index (Phi) is 5.00. The monoisotopic (exact) mass is 415 g/mol. The number of nitrogens with zero attached hydrogens (tertiary/aromatic N) is 2. The van der Waals surface area contributed by atoms with Crippen LogP contribution in [0.4, 0.5) is 13.9 Å². The molecule has 0 saturated heterocycles. The van der Waals surface area contributed by atoms with Gasteiger partial charge >= 0.3 is 12.2 Å². The number of alkyl halides is 2. The van der Waals surface area contributed by atoms with E-state index in [9.17, 15) is 18.4 Å². The van der Waals surface area contributed by atoms with E-state index in [4.69, 9.17) is 4.42 Å². The maximum atomic E-state index is 12.5. The number of halogens is 2. The van der Waals surface area contributed by atoms with Gasteiger partial charge in [0, 0.05) is 22.5 Å². The number of fused-ring (bicyclic) bond motifs is 1. The molecule has 7 nitrogen and oxygen atoms in total. The molecule has 29 heavy (non-hydrogen) atoms. The Morgan fingerprint density at radius 1 is 1.14 bits per heavy atom. The van der Waals surface area contributed by atoms with Crippen molar-refractivity contribution in [1.82, 2.24) is 9.36 Å². The van der Waals surface area contributed by atoms with E-state index in [1.165, 1.54) is 30.3 Å². The fraction of sp³-hybridized carbons (Fsp3) is 0.0526. The van der Waals surface area contributed by atoms with E-state index in [0.717, 1.165) is 11.5 Å². The third-order valence-electron chi connectivity index (χ3n) is 3.87. The molecule has 2 heterocycles. The molecule has 0 unspecified atom stereocenters. The van der Waals surface area contributed by atoms with Crippen molar-refractivity contribution >= 4 is 33.5 Å². The van der Waals surface area contributed by atoms with Gasteiger partial charge in [-0.2, -0.15) is 18.1 Å². The highest BCUT2D eigenvalue weighted by Gasteiger charge is 2.16. The molecular formula is C19H11F2N3O4S. The van der Waals surface area contributed by atoms with Crippen LogP contribution in [0.3, 0.4) is 0 Å². The first-order valence-electron chi connectivity index (χ1n) is 8.23. The van der Waals surface area contributed by atoms with Crippen molar-refractivity contribution < 1.29 is 22.7 Å². The molecule has 1 N–H and O–H groups in total. The molecule has 1 amide bonds. The van der Waals surface area contributed by atoms with E-state index in [1.54, 1.807) is 24.3 Å². The molecule has 2 aromatic heterocycles. The molecule has 4 rings (SSSR count). The molecule has 4 aromatic rings. The third kappa shape index (κ3) is 4.11. The lowest BCUT2D eigenvalue weighted by molar-refractivity contribution is -0.0498. The second-order valence-electron chi connectivity index (χ2n) is 5.77. The standard InChI is InChI=1S/C19H11F2N3O4S/c20-18(21)27-12-7-5-10(6-8-12)15-22-19(29-24-15)23-16(25)13-9-11-3-1-2-4-14(11)28-17(13)26/h1-9,18H,(H,22,23,24,25). The summed E-state index contributed by atoms with van der Waals surface area (Å²) >= 11 is 0.915. The molecule has 0 radical (unpaired) electrons. The zero-order valence-corrected chi connectivity index (χ0v) is 15.3. The Labute approximate surface area is 165 Å². The number of anilines is 1. The van der Waals surface area contributed by atoms with Gasteiger partial charge in [-0.15, -0.1) is 0 Å². The van der Waals surface area contributed by atoms with Crippen molar-refractivity contribution in [1.29, 1.82) is 0 Å². The summed E-state index contributed by atoms with van der Waals surface area (Å²) in [5, 5.41) is 3.30. The van der Waals surface area contributed by atoms with Gasteiger partial charge in [-0.1, -0.05) is 18.2 Å². The lowest BCUT2D eigenvalue weighted by atomic mass is 10.2. The van der Waals surface area contributed by atoms with Crippen LogP contribution in [0.5, 0.6) is 5.75 Å². The van der Waals surface area contributed by atoms with E-state index in [2.05, 4.69) is 19.4 Å². The van der Waals surface area contributed by atoms with Crippen LogP contribution in [-0.4, -0.2) is 21.9 Å². The number of hydrogen-bond donors (Lipinski definition) is 1. The van der Waals surface area contributed by atoms with E-state index >= 15 is 0 Å². The largest absolute Gasteiger partial charge is 0.435 e. The summed E-state index contributed by atoms with van der Waals surface area (Å²) in [4.78, 5) is 28.7. The lowest BCUT2D eigenvalue weighted by Crippen LogP contribution is -2.20. The summed E-state index contributed by atoms with van der Waals surface area (Å²) in [5.41, 5.74) is 0.00890. The summed E-state index contributed by atoms with van der Waals surface area (Å²) in [7, 11) is 0. The highest BCUT2D eigenvalue weighted by atomic mass is 32.1. The van der Waals surface area contributed by atoms with Gasteiger partial charge in [0.2, 0.25) is 5.13 Å². The molecule has 0 aliphatic carbocycles. The zero-order valence-electron chi connectivity index (χ0n) is 14.5. The first kappa shape index (κ1) is 18.7. The van der Waals surface area contributed by atoms with Gasteiger partial charge in [0.05, 0.1) is 0 Å². The lowest BCUT2D eigenvalue weighted by Gasteiger charge is -2.04. The number of nitrogens with one attached hydrogen (secondary N) is 1. The van der Waals surface area contributed by atoms with Gasteiger partial charge in [0.15, 0.2) is 5.82 Å². The summed E-state index contributed by atoms with van der Waals surface area (Å²) in [5.74, 6) is -0.372. The number of hydrogen-bond acceptors (Lipinski definition) is 7. The molecule has 0 spiro atoms. The Morgan fingerprint density at radius 3 is 2.66 bits per heavy atom. The smallest absolute Gasteiger partial charge is 0.387 e. The van der Waals surface area contributed by atoms with E-state index in [0.29, 0.717) is 22.4 Å². The zero-order chi connectivity index (χ0) is 20.4. The van der Waals surface area contributed by atoms with Gasteiger partial charge in [-0.3, -0.25) is 10.1 Å². The third-order valence-corrected chi connectivity index (χ3v) is 4.50. The molecule has 10 heteroatoms. The van der Waals surface area contributed by atoms with Crippen LogP contribution in [0.25, 0.3) is 22.4 Å².